The largest absolute Gasteiger partial charge is 0.493 e. The molecule has 0 aliphatic carbocycles. The Balaban J connectivity index is 1.14. The van der Waals surface area contributed by atoms with Crippen LogP contribution in [0.3, 0.4) is 0 Å². The quantitative estimate of drug-likeness (QED) is 0.133. The Hall–Kier alpha value is -6.10. The van der Waals surface area contributed by atoms with Crippen LogP contribution in [0.15, 0.2) is 95.9 Å². The fourth-order valence-corrected chi connectivity index (χ4v) is 5.06. The highest BCUT2D eigenvalue weighted by Crippen LogP contribution is 2.31. The lowest BCUT2D eigenvalue weighted by Gasteiger charge is -2.12. The molecule has 48 heavy (non-hydrogen) atoms. The van der Waals surface area contributed by atoms with Gasteiger partial charge in [0.15, 0.2) is 11.5 Å². The third-order valence-electron chi connectivity index (χ3n) is 7.66. The molecule has 0 radical (unpaired) electrons. The first-order valence-electron chi connectivity index (χ1n) is 15.4. The Bertz CT molecular complexity index is 2030. The molecule has 0 aliphatic rings. The molecule has 0 fully saturated rings. The number of nitrogens with zero attached hydrogens (tertiary/aromatic N) is 5. The van der Waals surface area contributed by atoms with Gasteiger partial charge in [0.1, 0.15) is 24.7 Å². The molecule has 0 bridgehead atoms. The van der Waals surface area contributed by atoms with Crippen molar-refractivity contribution in [1.82, 2.24) is 24.3 Å². The molecule has 3 aromatic heterocycles. The minimum absolute atomic E-state index is 0.0410. The van der Waals surface area contributed by atoms with Gasteiger partial charge in [0.25, 0.3) is 0 Å². The third kappa shape index (κ3) is 7.47. The normalized spacial score (nSPS) is 11.2. The second-order valence-corrected chi connectivity index (χ2v) is 11.0. The van der Waals surface area contributed by atoms with Gasteiger partial charge in [-0.1, -0.05) is 36.4 Å². The Morgan fingerprint density at radius 3 is 2.50 bits per heavy atom. The van der Waals surface area contributed by atoms with E-state index in [1.165, 1.54) is 0 Å². The molecular weight excluding hydrogens is 610 g/mol. The fraction of sp³-hybridized carbons (Fsp3) is 0.189. The lowest BCUT2D eigenvalue weighted by atomic mass is 10.1. The predicted octanol–water partition coefficient (Wildman–Crippen LogP) is 7.02. The Morgan fingerprint density at radius 2 is 1.75 bits per heavy atom. The van der Waals surface area contributed by atoms with E-state index >= 15 is 0 Å². The fourth-order valence-electron chi connectivity index (χ4n) is 5.06. The van der Waals surface area contributed by atoms with E-state index in [1.54, 1.807) is 36.1 Å². The Morgan fingerprint density at radius 1 is 0.958 bits per heavy atom. The highest BCUT2D eigenvalue weighted by Gasteiger charge is 2.15. The molecule has 11 heteroatoms. The van der Waals surface area contributed by atoms with E-state index in [2.05, 4.69) is 21.5 Å². The summed E-state index contributed by atoms with van der Waals surface area (Å²) in [6.07, 6.45) is 9.52. The van der Waals surface area contributed by atoms with E-state index in [4.69, 9.17) is 28.8 Å². The first-order chi connectivity index (χ1) is 23.4. The Labute approximate surface area is 277 Å². The maximum absolute atomic E-state index is 11.0. The van der Waals surface area contributed by atoms with Gasteiger partial charge in [0.05, 0.1) is 43.0 Å². The maximum atomic E-state index is 11.0. The smallest absolute Gasteiger partial charge is 0.307 e. The minimum atomic E-state index is -0.879. The van der Waals surface area contributed by atoms with Crippen LogP contribution in [0.4, 0.5) is 0 Å². The van der Waals surface area contributed by atoms with Crippen LogP contribution in [-0.2, 0) is 31.0 Å². The molecule has 0 saturated heterocycles. The summed E-state index contributed by atoms with van der Waals surface area (Å²) in [6.45, 7) is 5.15. The van der Waals surface area contributed by atoms with Crippen molar-refractivity contribution in [3.63, 3.8) is 0 Å². The Kier molecular flexibility index (Phi) is 9.66. The van der Waals surface area contributed by atoms with Crippen molar-refractivity contribution in [3.8, 4) is 34.5 Å². The van der Waals surface area contributed by atoms with Crippen molar-refractivity contribution in [2.75, 3.05) is 7.11 Å². The van der Waals surface area contributed by atoms with Crippen LogP contribution in [0.1, 0.15) is 40.8 Å². The van der Waals surface area contributed by atoms with Crippen LogP contribution < -0.4 is 14.2 Å². The third-order valence-corrected chi connectivity index (χ3v) is 7.66. The van der Waals surface area contributed by atoms with Crippen molar-refractivity contribution in [2.24, 2.45) is 0 Å². The molecule has 0 aliphatic heterocycles. The number of carboxylic acids is 1. The van der Waals surface area contributed by atoms with Gasteiger partial charge in [0.2, 0.25) is 11.8 Å². The topological polar surface area (TPSA) is 127 Å². The highest BCUT2D eigenvalue weighted by molar-refractivity contribution is 5.71. The summed E-state index contributed by atoms with van der Waals surface area (Å²) in [5.74, 6) is 1.78. The molecule has 244 valence electrons. The van der Waals surface area contributed by atoms with Gasteiger partial charge >= 0.3 is 5.97 Å². The highest BCUT2D eigenvalue weighted by atomic mass is 16.5. The number of rotatable bonds is 14. The molecule has 0 saturated carbocycles. The number of imidazole rings is 1. The number of carbonyl (C=O) groups is 1. The number of hydrogen-bond acceptors (Lipinski definition) is 8. The van der Waals surface area contributed by atoms with Crippen molar-refractivity contribution in [2.45, 2.75) is 40.0 Å². The van der Waals surface area contributed by atoms with E-state index in [1.807, 2.05) is 86.3 Å². The molecule has 0 unspecified atom stereocenters. The maximum Gasteiger partial charge on any atom is 0.307 e. The molecule has 6 aromatic rings. The number of methoxy groups -OCH3 is 1. The zero-order valence-corrected chi connectivity index (χ0v) is 26.9. The number of ether oxygens (including phenoxy) is 3. The van der Waals surface area contributed by atoms with Crippen molar-refractivity contribution in [3.05, 3.63) is 125 Å². The summed E-state index contributed by atoms with van der Waals surface area (Å²) in [5.41, 5.74) is 5.71. The number of aliphatic carboxylic acids is 1. The number of aryl methyl sites for hydroxylation is 2. The van der Waals surface area contributed by atoms with Crippen LogP contribution >= 0.6 is 0 Å². The van der Waals surface area contributed by atoms with E-state index in [0.717, 1.165) is 34.6 Å². The van der Waals surface area contributed by atoms with Crippen LogP contribution in [0.25, 0.3) is 29.3 Å². The lowest BCUT2D eigenvalue weighted by Crippen LogP contribution is -2.02. The number of para-hydroxylation sites is 1. The van der Waals surface area contributed by atoms with Crippen LogP contribution in [0.2, 0.25) is 0 Å². The van der Waals surface area contributed by atoms with E-state index in [-0.39, 0.29) is 19.6 Å². The molecule has 0 amide bonds. The number of aromatic nitrogens is 5. The van der Waals surface area contributed by atoms with Crippen LogP contribution in [0, 0.1) is 6.92 Å². The summed E-state index contributed by atoms with van der Waals surface area (Å²) in [5, 5.41) is 13.7. The number of hydrogen-bond donors (Lipinski definition) is 1. The van der Waals surface area contributed by atoms with Gasteiger partial charge in [-0.3, -0.25) is 4.79 Å². The van der Waals surface area contributed by atoms with Crippen molar-refractivity contribution < 1.29 is 28.5 Å². The second-order valence-electron chi connectivity index (χ2n) is 11.0. The molecule has 6 rings (SSSR count). The first-order valence-corrected chi connectivity index (χ1v) is 15.4. The van der Waals surface area contributed by atoms with Gasteiger partial charge in [-0.05, 0) is 73.5 Å². The molecular formula is C37H35N5O6. The van der Waals surface area contributed by atoms with Gasteiger partial charge in [-0.25, -0.2) is 14.6 Å². The summed E-state index contributed by atoms with van der Waals surface area (Å²) < 4.78 is 27.7. The molecule has 11 nitrogen and oxygen atoms in total. The molecule has 1 N–H and O–H groups in total. The average Bonchev–Trinajstić information content (AvgIpc) is 3.84. The van der Waals surface area contributed by atoms with E-state index in [0.29, 0.717) is 40.3 Å². The summed E-state index contributed by atoms with van der Waals surface area (Å²) >= 11 is 0. The lowest BCUT2D eigenvalue weighted by molar-refractivity contribution is -0.136. The second kappa shape index (κ2) is 14.5. The van der Waals surface area contributed by atoms with Crippen molar-refractivity contribution >= 4 is 18.1 Å². The zero-order chi connectivity index (χ0) is 33.5. The van der Waals surface area contributed by atoms with Crippen molar-refractivity contribution in [1.29, 1.82) is 0 Å². The van der Waals surface area contributed by atoms with Gasteiger partial charge in [0, 0.05) is 18.3 Å². The predicted molar refractivity (Wildman–Crippen MR) is 180 cm³/mol. The molecule has 3 heterocycles. The molecule has 0 spiro atoms. The van der Waals surface area contributed by atoms with Gasteiger partial charge in [-0.2, -0.15) is 0 Å². The van der Waals surface area contributed by atoms with Gasteiger partial charge < -0.3 is 28.3 Å². The van der Waals surface area contributed by atoms with Crippen LogP contribution in [-0.4, -0.2) is 42.5 Å². The molecule has 0 atom stereocenters. The molecule has 3 aromatic carbocycles. The summed E-state index contributed by atoms with van der Waals surface area (Å²) in [6, 6.07) is 22.6. The number of oxazole rings is 1. The summed E-state index contributed by atoms with van der Waals surface area (Å²) in [7, 11) is 1.59. The zero-order valence-electron chi connectivity index (χ0n) is 26.9. The standard InChI is InChI=1S/C37H35N5O6/c1-4-41-24-38-20-31(41)16-15-29-21-42(30-8-6-5-7-9-30)40-37(29)47-22-27-12-17-33(34(18-27)45-3)46-23-32-25(2)48-36(39-32)28-13-10-26(11-14-28)19-35(43)44/h5-18,20-21,24H,4,19,22-23H2,1-3H3,(H,43,44). The van der Waals surface area contributed by atoms with Gasteiger partial charge in [-0.15, -0.1) is 5.10 Å². The monoisotopic (exact) mass is 645 g/mol. The summed E-state index contributed by atoms with van der Waals surface area (Å²) in [4.78, 5) is 19.8. The minimum Gasteiger partial charge on any atom is -0.493 e. The SMILES string of the molecule is CCn1cncc1C=Cc1cn(-c2ccccc2)nc1OCc1ccc(OCc2nc(-c3ccc(CC(=O)O)cc3)oc2C)c(OC)c1. The van der Waals surface area contributed by atoms with E-state index in [9.17, 15) is 4.79 Å². The number of benzene rings is 3. The average molecular weight is 646 g/mol. The number of carboxylic acid groups (broad SMARTS) is 1. The first kappa shape index (κ1) is 31.9. The van der Waals surface area contributed by atoms with E-state index < -0.39 is 5.97 Å². The van der Waals surface area contributed by atoms with Crippen LogP contribution in [0.5, 0.6) is 17.4 Å².